The van der Waals surface area contributed by atoms with E-state index in [0.717, 1.165) is 25.3 Å². The summed E-state index contributed by atoms with van der Waals surface area (Å²) < 4.78 is 5.07. The van der Waals surface area contributed by atoms with Crippen molar-refractivity contribution in [3.63, 3.8) is 0 Å². The highest BCUT2D eigenvalue weighted by atomic mass is 16.6. The number of hydrogen-bond donors (Lipinski definition) is 1. The van der Waals surface area contributed by atoms with Crippen LogP contribution in [0.25, 0.3) is 0 Å². The molecule has 1 N–H and O–H groups in total. The van der Waals surface area contributed by atoms with E-state index in [0.29, 0.717) is 5.69 Å². The molecule has 0 aliphatic carbocycles. The first-order valence-electron chi connectivity index (χ1n) is 8.29. The van der Waals surface area contributed by atoms with E-state index in [4.69, 9.17) is 4.74 Å². The Hall–Kier alpha value is -2.64. The van der Waals surface area contributed by atoms with Gasteiger partial charge in [-0.15, -0.1) is 0 Å². The third-order valence-electron chi connectivity index (χ3n) is 4.51. The zero-order chi connectivity index (χ0) is 18.6. The van der Waals surface area contributed by atoms with E-state index >= 15 is 0 Å². The van der Waals surface area contributed by atoms with E-state index in [1.54, 1.807) is 11.9 Å². The predicted octanol–water partition coefficient (Wildman–Crippen LogP) is 2.58. The number of nitro benzene ring substituents is 1. The van der Waals surface area contributed by atoms with Crippen LogP contribution in [0.5, 0.6) is 0 Å². The molecular weight excluding hydrogens is 326 g/mol. The second-order valence-corrected chi connectivity index (χ2v) is 6.25. The molecule has 1 aromatic carbocycles. The molecule has 1 amide bonds. The molecule has 136 valence electrons. The summed E-state index contributed by atoms with van der Waals surface area (Å²) in [7, 11) is 1.56. The van der Waals surface area contributed by atoms with E-state index in [2.05, 4.69) is 5.32 Å². The first-order valence-corrected chi connectivity index (χ1v) is 8.29. The number of nitrogens with one attached hydrogen (secondary N) is 1. The molecule has 2 atom stereocenters. The van der Waals surface area contributed by atoms with Crippen molar-refractivity contribution in [2.24, 2.45) is 0 Å². The summed E-state index contributed by atoms with van der Waals surface area (Å²) in [6.45, 7) is 3.60. The Morgan fingerprint density at radius 2 is 1.96 bits per heavy atom. The van der Waals surface area contributed by atoms with Gasteiger partial charge in [0.15, 0.2) is 6.61 Å². The molecule has 2 rings (SSSR count). The number of likely N-dealkylation sites (tertiary alicyclic amines) is 1. The lowest BCUT2D eigenvalue weighted by Crippen LogP contribution is -2.49. The standard InChI is InChI=1S/C17H23N3O5/c1-11-5-4-6-12(2)19(11)16(21)10-25-17(22)13-7-8-14(18-3)15(9-13)20(23)24/h7-9,11-12,18H,4-6,10H2,1-3H3. The number of esters is 1. The summed E-state index contributed by atoms with van der Waals surface area (Å²) >= 11 is 0. The van der Waals surface area contributed by atoms with Gasteiger partial charge in [-0.1, -0.05) is 0 Å². The van der Waals surface area contributed by atoms with Gasteiger partial charge < -0.3 is 15.0 Å². The molecule has 0 bridgehead atoms. The highest BCUT2D eigenvalue weighted by Crippen LogP contribution is 2.26. The average molecular weight is 349 g/mol. The number of rotatable bonds is 5. The Balaban J connectivity index is 2.03. The van der Waals surface area contributed by atoms with Crippen molar-refractivity contribution in [3.05, 3.63) is 33.9 Å². The molecule has 1 aliphatic rings. The van der Waals surface area contributed by atoms with Gasteiger partial charge in [0.2, 0.25) is 0 Å². The van der Waals surface area contributed by atoms with Crippen LogP contribution >= 0.6 is 0 Å². The number of benzene rings is 1. The second kappa shape index (κ2) is 7.96. The van der Waals surface area contributed by atoms with Crippen LogP contribution in [0.3, 0.4) is 0 Å². The zero-order valence-corrected chi connectivity index (χ0v) is 14.7. The second-order valence-electron chi connectivity index (χ2n) is 6.25. The SMILES string of the molecule is CNc1ccc(C(=O)OCC(=O)N2C(C)CCCC2C)cc1[N+](=O)[O-]. The lowest BCUT2D eigenvalue weighted by atomic mass is 9.97. The fourth-order valence-corrected chi connectivity index (χ4v) is 3.22. The molecule has 2 unspecified atom stereocenters. The number of amides is 1. The van der Waals surface area contributed by atoms with E-state index in [1.807, 2.05) is 13.8 Å². The van der Waals surface area contributed by atoms with E-state index in [-0.39, 0.29) is 35.8 Å². The molecule has 0 spiro atoms. The summed E-state index contributed by atoms with van der Waals surface area (Å²) in [5, 5.41) is 13.7. The average Bonchev–Trinajstić information content (AvgIpc) is 2.58. The van der Waals surface area contributed by atoms with Crippen LogP contribution in [0, 0.1) is 10.1 Å². The highest BCUT2D eigenvalue weighted by molar-refractivity contribution is 5.93. The van der Waals surface area contributed by atoms with E-state index in [1.165, 1.54) is 12.1 Å². The molecule has 1 saturated heterocycles. The van der Waals surface area contributed by atoms with Crippen molar-refractivity contribution in [2.45, 2.75) is 45.2 Å². The number of piperidine rings is 1. The van der Waals surface area contributed by atoms with Crippen LogP contribution in [0.4, 0.5) is 11.4 Å². The summed E-state index contributed by atoms with van der Waals surface area (Å²) in [6.07, 6.45) is 2.94. The van der Waals surface area contributed by atoms with Crippen LogP contribution in [0.2, 0.25) is 0 Å². The topological polar surface area (TPSA) is 102 Å². The molecule has 0 saturated carbocycles. The predicted molar refractivity (Wildman–Crippen MR) is 92.5 cm³/mol. The molecular formula is C17H23N3O5. The fraction of sp³-hybridized carbons (Fsp3) is 0.529. The van der Waals surface area contributed by atoms with Gasteiger partial charge in [0.05, 0.1) is 10.5 Å². The third kappa shape index (κ3) is 4.26. The van der Waals surface area contributed by atoms with Gasteiger partial charge in [-0.05, 0) is 45.2 Å². The minimum absolute atomic E-state index is 0.0400. The van der Waals surface area contributed by atoms with Gasteiger partial charge in [0, 0.05) is 25.2 Å². The molecule has 25 heavy (non-hydrogen) atoms. The molecule has 1 aromatic rings. The monoisotopic (exact) mass is 349 g/mol. The molecule has 1 heterocycles. The van der Waals surface area contributed by atoms with Crippen molar-refractivity contribution < 1.29 is 19.2 Å². The van der Waals surface area contributed by atoms with Crippen molar-refractivity contribution in [3.8, 4) is 0 Å². The van der Waals surface area contributed by atoms with Gasteiger partial charge in [0.25, 0.3) is 11.6 Å². The molecule has 8 heteroatoms. The first-order chi connectivity index (χ1) is 11.8. The smallest absolute Gasteiger partial charge is 0.338 e. The lowest BCUT2D eigenvalue weighted by Gasteiger charge is -2.38. The van der Waals surface area contributed by atoms with Crippen LogP contribution in [0.1, 0.15) is 43.5 Å². The number of carbonyl (C=O) groups excluding carboxylic acids is 2. The molecule has 8 nitrogen and oxygen atoms in total. The fourth-order valence-electron chi connectivity index (χ4n) is 3.22. The minimum atomic E-state index is -0.753. The maximum Gasteiger partial charge on any atom is 0.338 e. The summed E-state index contributed by atoms with van der Waals surface area (Å²) in [5.41, 5.74) is 0.119. The largest absolute Gasteiger partial charge is 0.452 e. The van der Waals surface area contributed by atoms with Crippen LogP contribution in [0.15, 0.2) is 18.2 Å². The van der Waals surface area contributed by atoms with Crippen molar-refractivity contribution in [2.75, 3.05) is 19.0 Å². The summed E-state index contributed by atoms with van der Waals surface area (Å²) in [4.78, 5) is 36.7. The third-order valence-corrected chi connectivity index (χ3v) is 4.51. The number of nitrogens with zero attached hydrogens (tertiary/aromatic N) is 2. The van der Waals surface area contributed by atoms with Crippen molar-refractivity contribution >= 4 is 23.3 Å². The zero-order valence-electron chi connectivity index (χ0n) is 14.7. The van der Waals surface area contributed by atoms with Gasteiger partial charge in [-0.2, -0.15) is 0 Å². The van der Waals surface area contributed by atoms with Gasteiger partial charge >= 0.3 is 5.97 Å². The number of hydrogen-bond acceptors (Lipinski definition) is 6. The minimum Gasteiger partial charge on any atom is -0.452 e. The summed E-state index contributed by atoms with van der Waals surface area (Å²) in [5.74, 6) is -0.995. The van der Waals surface area contributed by atoms with Crippen molar-refractivity contribution in [1.29, 1.82) is 0 Å². The van der Waals surface area contributed by atoms with E-state index in [9.17, 15) is 19.7 Å². The first kappa shape index (κ1) is 18.7. The normalized spacial score (nSPS) is 20.0. The Kier molecular flexibility index (Phi) is 5.95. The molecule has 1 fully saturated rings. The van der Waals surface area contributed by atoms with Gasteiger partial charge in [-0.25, -0.2) is 4.79 Å². The maximum absolute atomic E-state index is 12.4. The van der Waals surface area contributed by atoms with Crippen LogP contribution < -0.4 is 5.32 Å². The Morgan fingerprint density at radius 1 is 1.32 bits per heavy atom. The van der Waals surface area contributed by atoms with Gasteiger partial charge in [0.1, 0.15) is 5.69 Å². The number of carbonyl (C=O) groups is 2. The number of anilines is 1. The maximum atomic E-state index is 12.4. The number of nitro groups is 1. The molecule has 1 aliphatic heterocycles. The van der Waals surface area contributed by atoms with Crippen molar-refractivity contribution in [1.82, 2.24) is 4.90 Å². The molecule has 0 aromatic heterocycles. The van der Waals surface area contributed by atoms with Crippen LogP contribution in [-0.2, 0) is 9.53 Å². The Morgan fingerprint density at radius 3 is 2.52 bits per heavy atom. The highest BCUT2D eigenvalue weighted by Gasteiger charge is 2.29. The Labute approximate surface area is 146 Å². The lowest BCUT2D eigenvalue weighted by molar-refractivity contribution is -0.384. The number of ether oxygens (including phenoxy) is 1. The quantitative estimate of drug-likeness (QED) is 0.498. The van der Waals surface area contributed by atoms with Gasteiger partial charge in [-0.3, -0.25) is 14.9 Å². The van der Waals surface area contributed by atoms with E-state index < -0.39 is 10.9 Å². The molecule has 0 radical (unpaired) electrons. The summed E-state index contributed by atoms with van der Waals surface area (Å²) in [6, 6.07) is 4.24. The Bertz CT molecular complexity index is 666. The van der Waals surface area contributed by atoms with Crippen LogP contribution in [-0.4, -0.2) is 47.4 Å².